The lowest BCUT2D eigenvalue weighted by Crippen LogP contribution is -2.07. The first-order valence-corrected chi connectivity index (χ1v) is 11.7. The van der Waals surface area contributed by atoms with Crippen LogP contribution in [0.25, 0.3) is 44.8 Å². The number of anilines is 2. The Kier molecular flexibility index (Phi) is 6.73. The molecule has 5 aromatic rings. The van der Waals surface area contributed by atoms with Gasteiger partial charge in [0, 0.05) is 16.7 Å². The van der Waals surface area contributed by atoms with Gasteiger partial charge in [0.2, 0.25) is 0 Å². The number of nitrogens with zero attached hydrogens (tertiary/aromatic N) is 3. The minimum Gasteiger partial charge on any atom is -0.247 e. The molecule has 0 spiro atoms. The van der Waals surface area contributed by atoms with Crippen LogP contribution >= 0.6 is 0 Å². The van der Waals surface area contributed by atoms with Gasteiger partial charge in [-0.1, -0.05) is 84.9 Å². The van der Waals surface area contributed by atoms with Gasteiger partial charge in [-0.3, -0.25) is 0 Å². The highest BCUT2D eigenvalue weighted by Gasteiger charge is 2.13. The SMILES string of the molecule is O=[N+]([O-])Nc1ccc(-c2ccc(-c3ccc(-c4ccccc4)cc3)c(-c3ccc(N[N+](=O)[O-])cc3)n2)cc1. The highest BCUT2D eigenvalue weighted by atomic mass is 16.7. The summed E-state index contributed by atoms with van der Waals surface area (Å²) in [6.45, 7) is 0. The molecule has 4 aromatic carbocycles. The Morgan fingerprint density at radius 1 is 0.500 bits per heavy atom. The monoisotopic (exact) mass is 503 g/mol. The van der Waals surface area contributed by atoms with Crippen LogP contribution in [0.15, 0.2) is 115 Å². The maximum atomic E-state index is 10.8. The Morgan fingerprint density at radius 2 is 0.974 bits per heavy atom. The number of pyridine rings is 1. The maximum Gasteiger partial charge on any atom is 0.162 e. The number of nitrogens with one attached hydrogen (secondary N) is 2. The normalized spacial score (nSPS) is 10.5. The van der Waals surface area contributed by atoms with Crippen molar-refractivity contribution >= 4 is 11.4 Å². The lowest BCUT2D eigenvalue weighted by atomic mass is 9.96. The van der Waals surface area contributed by atoms with Crippen LogP contribution in [0.2, 0.25) is 0 Å². The van der Waals surface area contributed by atoms with E-state index >= 15 is 0 Å². The second-order valence-electron chi connectivity index (χ2n) is 8.43. The van der Waals surface area contributed by atoms with E-state index in [1.807, 2.05) is 42.5 Å². The number of benzene rings is 4. The average molecular weight is 504 g/mol. The van der Waals surface area contributed by atoms with Crippen molar-refractivity contribution in [2.75, 3.05) is 10.9 Å². The second kappa shape index (κ2) is 10.6. The molecule has 1 aromatic heterocycles. The molecule has 1 heterocycles. The van der Waals surface area contributed by atoms with E-state index in [2.05, 4.69) is 35.1 Å². The summed E-state index contributed by atoms with van der Waals surface area (Å²) in [6.07, 6.45) is 0. The molecular formula is C29H21N5O4. The highest BCUT2D eigenvalue weighted by molar-refractivity contribution is 5.84. The Labute approximate surface area is 217 Å². The van der Waals surface area contributed by atoms with Crippen molar-refractivity contribution in [1.82, 2.24) is 4.98 Å². The Balaban J connectivity index is 1.55. The molecule has 0 aliphatic carbocycles. The molecule has 0 aliphatic rings. The minimum atomic E-state index is -0.610. The summed E-state index contributed by atoms with van der Waals surface area (Å²) in [6, 6.07) is 35.8. The summed E-state index contributed by atoms with van der Waals surface area (Å²) in [5, 5.41) is 20.3. The molecule has 9 heteroatoms. The molecule has 0 unspecified atom stereocenters. The fraction of sp³-hybridized carbons (Fsp3) is 0. The Bertz CT molecular complexity index is 1590. The third kappa shape index (κ3) is 5.47. The number of hydrazine groups is 2. The molecular weight excluding hydrogens is 482 g/mol. The van der Waals surface area contributed by atoms with Crippen molar-refractivity contribution in [1.29, 1.82) is 0 Å². The van der Waals surface area contributed by atoms with Crippen LogP contribution in [0, 0.1) is 20.2 Å². The van der Waals surface area contributed by atoms with Crippen molar-refractivity contribution in [2.24, 2.45) is 0 Å². The fourth-order valence-electron chi connectivity index (χ4n) is 4.17. The van der Waals surface area contributed by atoms with Crippen LogP contribution in [0.1, 0.15) is 0 Å². The van der Waals surface area contributed by atoms with Gasteiger partial charge < -0.3 is 0 Å². The van der Waals surface area contributed by atoms with Gasteiger partial charge >= 0.3 is 0 Å². The quantitative estimate of drug-likeness (QED) is 0.173. The van der Waals surface area contributed by atoms with E-state index in [-0.39, 0.29) is 0 Å². The zero-order valence-electron chi connectivity index (χ0n) is 19.9. The largest absolute Gasteiger partial charge is 0.247 e. The summed E-state index contributed by atoms with van der Waals surface area (Å²) in [5.41, 5.74) is 12.1. The van der Waals surface area contributed by atoms with Crippen LogP contribution in [-0.2, 0) is 0 Å². The van der Waals surface area contributed by atoms with Crippen molar-refractivity contribution in [3.05, 3.63) is 135 Å². The molecule has 38 heavy (non-hydrogen) atoms. The summed E-state index contributed by atoms with van der Waals surface area (Å²) in [7, 11) is 0. The van der Waals surface area contributed by atoms with Crippen molar-refractivity contribution in [3.63, 3.8) is 0 Å². The number of hydrogen-bond acceptors (Lipinski definition) is 5. The van der Waals surface area contributed by atoms with Crippen LogP contribution in [0.4, 0.5) is 11.4 Å². The van der Waals surface area contributed by atoms with E-state index in [0.29, 0.717) is 22.8 Å². The maximum absolute atomic E-state index is 10.8. The van der Waals surface area contributed by atoms with Gasteiger partial charge in [-0.2, -0.15) is 0 Å². The smallest absolute Gasteiger partial charge is 0.162 e. The van der Waals surface area contributed by atoms with Gasteiger partial charge in [0.05, 0.1) is 11.4 Å². The van der Waals surface area contributed by atoms with Crippen molar-refractivity contribution in [3.8, 4) is 44.8 Å². The van der Waals surface area contributed by atoms with Gasteiger partial charge in [0.25, 0.3) is 0 Å². The van der Waals surface area contributed by atoms with Crippen molar-refractivity contribution < 1.29 is 10.1 Å². The minimum absolute atomic E-state index is 0.359. The topological polar surface area (TPSA) is 123 Å². The van der Waals surface area contributed by atoms with E-state index in [9.17, 15) is 20.2 Å². The Hall–Kier alpha value is -5.57. The van der Waals surface area contributed by atoms with Gasteiger partial charge in [0.1, 0.15) is 11.4 Å². The Morgan fingerprint density at radius 3 is 1.53 bits per heavy atom. The second-order valence-corrected chi connectivity index (χ2v) is 8.43. The molecule has 0 saturated heterocycles. The number of hydrogen-bond donors (Lipinski definition) is 2. The lowest BCUT2D eigenvalue weighted by molar-refractivity contribution is -0.445. The van der Waals surface area contributed by atoms with E-state index < -0.39 is 10.1 Å². The summed E-state index contributed by atoms with van der Waals surface area (Å²) < 4.78 is 0. The molecule has 0 saturated carbocycles. The predicted molar refractivity (Wildman–Crippen MR) is 147 cm³/mol. The van der Waals surface area contributed by atoms with E-state index in [1.54, 1.807) is 48.5 Å². The average Bonchev–Trinajstić information content (AvgIpc) is 2.94. The van der Waals surface area contributed by atoms with Crippen LogP contribution in [-0.4, -0.2) is 15.0 Å². The number of nitro groups is 2. The van der Waals surface area contributed by atoms with E-state index in [4.69, 9.17) is 4.98 Å². The molecule has 2 N–H and O–H groups in total. The molecule has 0 radical (unpaired) electrons. The molecule has 0 amide bonds. The van der Waals surface area contributed by atoms with Crippen LogP contribution in [0.3, 0.4) is 0 Å². The summed E-state index contributed by atoms with van der Waals surface area (Å²) in [5.74, 6) is 0. The molecule has 0 fully saturated rings. The van der Waals surface area contributed by atoms with Crippen LogP contribution in [0.5, 0.6) is 0 Å². The predicted octanol–water partition coefficient (Wildman–Crippen LogP) is 6.96. The first kappa shape index (κ1) is 24.1. The third-order valence-corrected chi connectivity index (χ3v) is 5.98. The molecule has 9 nitrogen and oxygen atoms in total. The van der Waals surface area contributed by atoms with Crippen molar-refractivity contribution in [2.45, 2.75) is 0 Å². The molecule has 5 rings (SSSR count). The van der Waals surface area contributed by atoms with E-state index in [0.717, 1.165) is 33.4 Å². The fourth-order valence-corrected chi connectivity index (χ4v) is 4.17. The van der Waals surface area contributed by atoms with Crippen LogP contribution < -0.4 is 10.9 Å². The zero-order valence-corrected chi connectivity index (χ0v) is 19.9. The highest BCUT2D eigenvalue weighted by Crippen LogP contribution is 2.35. The molecule has 0 aliphatic heterocycles. The third-order valence-electron chi connectivity index (χ3n) is 5.98. The molecule has 186 valence electrons. The number of rotatable bonds is 8. The van der Waals surface area contributed by atoms with Gasteiger partial charge in [-0.05, 0) is 47.0 Å². The lowest BCUT2D eigenvalue weighted by Gasteiger charge is -2.13. The van der Waals surface area contributed by atoms with Gasteiger partial charge in [-0.25, -0.2) is 25.2 Å². The van der Waals surface area contributed by atoms with Gasteiger partial charge in [-0.15, -0.1) is 10.9 Å². The standard InChI is InChI=1S/C29H21N5O4/c35-33(36)31-25-14-10-23(11-15-25)28-19-18-27(22-8-6-21(7-9-22)20-4-2-1-3-5-20)29(30-28)24-12-16-26(17-13-24)32-34(37)38/h1-19,31-32H. The first-order valence-electron chi connectivity index (χ1n) is 11.7. The number of aromatic nitrogens is 1. The van der Waals surface area contributed by atoms with Gasteiger partial charge in [0.15, 0.2) is 10.1 Å². The summed E-state index contributed by atoms with van der Waals surface area (Å²) >= 11 is 0. The molecule has 0 atom stereocenters. The van der Waals surface area contributed by atoms with E-state index in [1.165, 1.54) is 0 Å². The first-order chi connectivity index (χ1) is 18.5. The molecule has 0 bridgehead atoms. The zero-order chi connectivity index (χ0) is 26.5. The summed E-state index contributed by atoms with van der Waals surface area (Å²) in [4.78, 5) is 26.5.